The molecule has 1 heteroatoms. The molecule has 0 N–H and O–H groups in total. The Morgan fingerprint density at radius 3 is 2.56 bits per heavy atom. The summed E-state index contributed by atoms with van der Waals surface area (Å²) in [4.78, 5) is 0. The molecule has 0 saturated heterocycles. The summed E-state index contributed by atoms with van der Waals surface area (Å²) in [5, 5.41) is 0. The molecule has 0 nitrogen and oxygen atoms in total. The number of benzene rings is 1. The molecule has 88 valence electrons. The van der Waals surface area contributed by atoms with Gasteiger partial charge in [0.05, 0.1) is 0 Å². The van der Waals surface area contributed by atoms with E-state index in [0.29, 0.717) is 5.92 Å². The lowest BCUT2D eigenvalue weighted by Gasteiger charge is -2.14. The first-order valence-electron chi connectivity index (χ1n) is 6.12. The molecule has 1 rings (SSSR count). The van der Waals surface area contributed by atoms with Gasteiger partial charge in [-0.25, -0.2) is 0 Å². The van der Waals surface area contributed by atoms with Crippen LogP contribution in [0.3, 0.4) is 0 Å². The Morgan fingerprint density at radius 1 is 1.31 bits per heavy atom. The molecule has 0 spiro atoms. The normalized spacial score (nSPS) is 13.2. The van der Waals surface area contributed by atoms with Gasteiger partial charge in [0.25, 0.3) is 0 Å². The predicted molar refractivity (Wildman–Crippen MR) is 76.0 cm³/mol. The summed E-state index contributed by atoms with van der Waals surface area (Å²) < 4.78 is 1.26. The van der Waals surface area contributed by atoms with Crippen LogP contribution in [0, 0.1) is 0 Å². The van der Waals surface area contributed by atoms with E-state index in [1.807, 2.05) is 0 Å². The van der Waals surface area contributed by atoms with Crippen LogP contribution in [0.25, 0.3) is 0 Å². The van der Waals surface area contributed by atoms with E-state index in [4.69, 9.17) is 0 Å². The van der Waals surface area contributed by atoms with Crippen molar-refractivity contribution >= 4 is 15.9 Å². The van der Waals surface area contributed by atoms with Gasteiger partial charge in [0.1, 0.15) is 0 Å². The highest BCUT2D eigenvalue weighted by atomic mass is 79.9. The number of aryl methyl sites for hydroxylation is 1. The third kappa shape index (κ3) is 3.48. The molecule has 1 aromatic rings. The Labute approximate surface area is 108 Å². The molecule has 0 radical (unpaired) electrons. The summed E-state index contributed by atoms with van der Waals surface area (Å²) in [6.07, 6.45) is 7.83. The predicted octanol–water partition coefficient (Wildman–Crippen LogP) is 5.47. The molecule has 0 heterocycles. The highest BCUT2D eigenvalue weighted by molar-refractivity contribution is 9.10. The second-order valence-electron chi connectivity index (χ2n) is 4.11. The van der Waals surface area contributed by atoms with Crippen molar-refractivity contribution < 1.29 is 0 Å². The summed E-state index contributed by atoms with van der Waals surface area (Å²) in [5.41, 5.74) is 2.84. The highest BCUT2D eigenvalue weighted by Gasteiger charge is 2.09. The van der Waals surface area contributed by atoms with Crippen LogP contribution in [-0.4, -0.2) is 0 Å². The molecular weight excluding hydrogens is 260 g/mol. The molecule has 0 aliphatic carbocycles. The maximum absolute atomic E-state index is 3.65. The van der Waals surface area contributed by atoms with Crippen LogP contribution in [0.4, 0.5) is 0 Å². The SMILES string of the molecule is C/C=C\CC(CC)c1ccc(CC)c(Br)c1. The van der Waals surface area contributed by atoms with Crippen LogP contribution in [0.15, 0.2) is 34.8 Å². The lowest BCUT2D eigenvalue weighted by atomic mass is 9.92. The van der Waals surface area contributed by atoms with E-state index in [2.05, 4.69) is 67.1 Å². The smallest absolute Gasteiger partial charge is 0.0210 e. The van der Waals surface area contributed by atoms with Gasteiger partial charge in [-0.3, -0.25) is 0 Å². The maximum Gasteiger partial charge on any atom is 0.0210 e. The van der Waals surface area contributed by atoms with Crippen LogP contribution < -0.4 is 0 Å². The van der Waals surface area contributed by atoms with E-state index in [1.54, 1.807) is 0 Å². The van der Waals surface area contributed by atoms with E-state index in [0.717, 1.165) is 12.8 Å². The van der Waals surface area contributed by atoms with Crippen molar-refractivity contribution in [1.29, 1.82) is 0 Å². The van der Waals surface area contributed by atoms with Gasteiger partial charge in [-0.1, -0.05) is 54.1 Å². The van der Waals surface area contributed by atoms with Crippen molar-refractivity contribution in [1.82, 2.24) is 0 Å². The van der Waals surface area contributed by atoms with Crippen LogP contribution in [0.2, 0.25) is 0 Å². The Bertz CT molecular complexity index is 352. The van der Waals surface area contributed by atoms with Crippen molar-refractivity contribution in [2.24, 2.45) is 0 Å². The summed E-state index contributed by atoms with van der Waals surface area (Å²) in [6, 6.07) is 6.81. The number of hydrogen-bond acceptors (Lipinski definition) is 0. The number of halogens is 1. The Morgan fingerprint density at radius 2 is 2.06 bits per heavy atom. The quantitative estimate of drug-likeness (QED) is 0.628. The zero-order valence-electron chi connectivity index (χ0n) is 10.5. The van der Waals surface area contributed by atoms with Crippen LogP contribution >= 0.6 is 15.9 Å². The first-order valence-corrected chi connectivity index (χ1v) is 6.91. The van der Waals surface area contributed by atoms with E-state index < -0.39 is 0 Å². The zero-order valence-corrected chi connectivity index (χ0v) is 12.0. The fraction of sp³-hybridized carbons (Fsp3) is 0.467. The molecule has 0 amide bonds. The lowest BCUT2D eigenvalue weighted by Crippen LogP contribution is -1.97. The van der Waals surface area contributed by atoms with Gasteiger partial charge in [-0.05, 0) is 49.3 Å². The topological polar surface area (TPSA) is 0 Å². The number of allylic oxidation sites excluding steroid dienone is 2. The van der Waals surface area contributed by atoms with Gasteiger partial charge < -0.3 is 0 Å². The Hall–Kier alpha value is -0.560. The van der Waals surface area contributed by atoms with Gasteiger partial charge in [-0.2, -0.15) is 0 Å². The molecule has 1 aromatic carbocycles. The van der Waals surface area contributed by atoms with E-state index in [9.17, 15) is 0 Å². The molecule has 1 atom stereocenters. The standard InChI is InChI=1S/C15H21Br/c1-4-7-8-12(5-2)14-10-9-13(6-3)15(16)11-14/h4,7,9-12H,5-6,8H2,1-3H3/b7-4-. The molecular formula is C15H21Br. The second-order valence-corrected chi connectivity index (χ2v) is 4.97. The molecule has 16 heavy (non-hydrogen) atoms. The third-order valence-electron chi connectivity index (χ3n) is 3.08. The summed E-state index contributed by atoms with van der Waals surface area (Å²) in [7, 11) is 0. The second kappa shape index (κ2) is 6.90. The van der Waals surface area contributed by atoms with Crippen LogP contribution in [-0.2, 0) is 6.42 Å². The Kier molecular flexibility index (Phi) is 5.83. The minimum atomic E-state index is 0.651. The average Bonchev–Trinajstić information content (AvgIpc) is 2.30. The molecule has 0 aliphatic rings. The third-order valence-corrected chi connectivity index (χ3v) is 3.82. The van der Waals surface area contributed by atoms with Crippen LogP contribution in [0.1, 0.15) is 50.7 Å². The first-order chi connectivity index (χ1) is 7.72. The monoisotopic (exact) mass is 280 g/mol. The van der Waals surface area contributed by atoms with Crippen LogP contribution in [0.5, 0.6) is 0 Å². The van der Waals surface area contributed by atoms with Crippen molar-refractivity contribution in [3.05, 3.63) is 46.0 Å². The molecule has 0 aromatic heterocycles. The van der Waals surface area contributed by atoms with Gasteiger partial charge in [0.15, 0.2) is 0 Å². The summed E-state index contributed by atoms with van der Waals surface area (Å²) in [6.45, 7) is 6.54. The van der Waals surface area contributed by atoms with E-state index >= 15 is 0 Å². The van der Waals surface area contributed by atoms with Gasteiger partial charge in [-0.15, -0.1) is 0 Å². The average molecular weight is 281 g/mol. The largest absolute Gasteiger partial charge is 0.0916 e. The minimum absolute atomic E-state index is 0.651. The van der Waals surface area contributed by atoms with E-state index in [1.165, 1.54) is 22.0 Å². The van der Waals surface area contributed by atoms with Gasteiger partial charge in [0, 0.05) is 4.47 Å². The fourth-order valence-electron chi connectivity index (χ4n) is 1.94. The summed E-state index contributed by atoms with van der Waals surface area (Å²) in [5.74, 6) is 0.651. The van der Waals surface area contributed by atoms with Gasteiger partial charge >= 0.3 is 0 Å². The molecule has 0 bridgehead atoms. The molecule has 1 unspecified atom stereocenters. The van der Waals surface area contributed by atoms with Gasteiger partial charge in [0.2, 0.25) is 0 Å². The first kappa shape index (κ1) is 13.5. The zero-order chi connectivity index (χ0) is 12.0. The minimum Gasteiger partial charge on any atom is -0.0916 e. The Balaban J connectivity index is 2.89. The highest BCUT2D eigenvalue weighted by Crippen LogP contribution is 2.28. The summed E-state index contributed by atoms with van der Waals surface area (Å²) >= 11 is 3.65. The fourth-order valence-corrected chi connectivity index (χ4v) is 2.62. The number of rotatable bonds is 5. The molecule has 0 saturated carbocycles. The lowest BCUT2D eigenvalue weighted by molar-refractivity contribution is 0.673. The van der Waals surface area contributed by atoms with Crippen molar-refractivity contribution in [3.8, 4) is 0 Å². The number of hydrogen-bond donors (Lipinski definition) is 0. The van der Waals surface area contributed by atoms with Crippen molar-refractivity contribution in [2.75, 3.05) is 0 Å². The molecule has 0 fully saturated rings. The maximum atomic E-state index is 3.65. The van der Waals surface area contributed by atoms with Crippen molar-refractivity contribution in [2.45, 2.75) is 46.0 Å². The molecule has 0 aliphatic heterocycles. The van der Waals surface area contributed by atoms with E-state index in [-0.39, 0.29) is 0 Å². The van der Waals surface area contributed by atoms with Crippen molar-refractivity contribution in [3.63, 3.8) is 0 Å².